The van der Waals surface area contributed by atoms with Crippen LogP contribution in [0.3, 0.4) is 0 Å². The molecule has 0 spiro atoms. The van der Waals surface area contributed by atoms with Crippen LogP contribution in [-0.4, -0.2) is 30.0 Å². The zero-order chi connectivity index (χ0) is 16.8. The minimum atomic E-state index is -0.464. The Morgan fingerprint density at radius 1 is 1.16 bits per heavy atom. The van der Waals surface area contributed by atoms with Gasteiger partial charge in [0.15, 0.2) is 0 Å². The highest BCUT2D eigenvalue weighted by atomic mass is 79.9. The molecule has 1 aliphatic carbocycles. The summed E-state index contributed by atoms with van der Waals surface area (Å²) in [5.41, 5.74) is 9.31. The van der Waals surface area contributed by atoms with Gasteiger partial charge in [0.25, 0.3) is 0 Å². The van der Waals surface area contributed by atoms with Gasteiger partial charge in [-0.25, -0.2) is 0 Å². The van der Waals surface area contributed by atoms with Crippen LogP contribution in [-0.2, 0) is 23.2 Å². The van der Waals surface area contributed by atoms with E-state index in [0.717, 1.165) is 36.8 Å². The highest BCUT2D eigenvalue weighted by Crippen LogP contribution is 2.47. The van der Waals surface area contributed by atoms with E-state index < -0.39 is 5.41 Å². The monoisotopic (exact) mass is 400 g/mol. The number of fused-ring (bicyclic) bond motifs is 4. The Morgan fingerprint density at radius 2 is 1.84 bits per heavy atom. The molecule has 4 rings (SSSR count). The summed E-state index contributed by atoms with van der Waals surface area (Å²) in [4.78, 5) is 12.4. The lowest BCUT2D eigenvalue weighted by atomic mass is 9.62. The van der Waals surface area contributed by atoms with Crippen LogP contribution in [0.5, 0.6) is 0 Å². The molecule has 2 bridgehead atoms. The standard InChI is InChI=1S/C21H24N2O.BrH/c1-23(15-16-7-3-2-4-8-16)12-11-21(20(22)24)14-18(23)13-17-9-5-6-10-19(17)21;/h2-10,18H,11-15H2,1H3,(H-,22,24);1H. The van der Waals surface area contributed by atoms with Crippen molar-refractivity contribution in [2.24, 2.45) is 5.73 Å². The molecule has 3 atom stereocenters. The summed E-state index contributed by atoms with van der Waals surface area (Å²) in [5.74, 6) is -0.148. The summed E-state index contributed by atoms with van der Waals surface area (Å²) >= 11 is 0. The van der Waals surface area contributed by atoms with Gasteiger partial charge in [0.2, 0.25) is 5.91 Å². The van der Waals surface area contributed by atoms with Crippen molar-refractivity contribution in [2.45, 2.75) is 37.3 Å². The van der Waals surface area contributed by atoms with Crippen LogP contribution in [0.15, 0.2) is 54.6 Å². The number of halogens is 1. The van der Waals surface area contributed by atoms with E-state index in [1.54, 1.807) is 0 Å². The second kappa shape index (κ2) is 6.58. The third-order valence-corrected chi connectivity index (χ3v) is 6.36. The Labute approximate surface area is 160 Å². The van der Waals surface area contributed by atoms with E-state index in [1.165, 1.54) is 16.7 Å². The Morgan fingerprint density at radius 3 is 2.56 bits per heavy atom. The fourth-order valence-electron chi connectivity index (χ4n) is 4.87. The molecule has 25 heavy (non-hydrogen) atoms. The molecule has 1 fully saturated rings. The Balaban J connectivity index is 0.00000182. The highest BCUT2D eigenvalue weighted by molar-refractivity contribution is 5.87. The first-order valence-electron chi connectivity index (χ1n) is 8.80. The predicted octanol–water partition coefficient (Wildman–Crippen LogP) is -0.221. The number of piperidine rings is 1. The Bertz CT molecular complexity index is 778. The highest BCUT2D eigenvalue weighted by Gasteiger charge is 2.54. The molecule has 1 heterocycles. The SMILES string of the molecule is C[N+]1(Cc2ccccc2)CCC2(C(N)=O)CC1Cc1ccccc12.[Br-]. The van der Waals surface area contributed by atoms with Gasteiger partial charge in [-0.15, -0.1) is 0 Å². The normalized spacial score (nSPS) is 30.0. The number of likely N-dealkylation sites (N-methyl/N-ethyl adjacent to an activating group) is 1. The topological polar surface area (TPSA) is 43.1 Å². The van der Waals surface area contributed by atoms with E-state index in [2.05, 4.69) is 55.6 Å². The van der Waals surface area contributed by atoms with Crippen LogP contribution in [0.25, 0.3) is 0 Å². The van der Waals surface area contributed by atoms with E-state index in [1.807, 2.05) is 6.07 Å². The molecule has 1 amide bonds. The number of primary amides is 1. The Kier molecular flexibility index (Phi) is 4.78. The van der Waals surface area contributed by atoms with Crippen LogP contribution >= 0.6 is 0 Å². The van der Waals surface area contributed by atoms with Crippen molar-refractivity contribution in [1.29, 1.82) is 0 Å². The van der Waals surface area contributed by atoms with Gasteiger partial charge in [0, 0.05) is 24.8 Å². The molecule has 0 radical (unpaired) electrons. The van der Waals surface area contributed by atoms with Gasteiger partial charge < -0.3 is 27.2 Å². The fourth-order valence-corrected chi connectivity index (χ4v) is 4.87. The number of rotatable bonds is 3. The number of amides is 1. The number of quaternary nitrogens is 1. The average molecular weight is 401 g/mol. The number of nitrogens with zero attached hydrogens (tertiary/aromatic N) is 1. The summed E-state index contributed by atoms with van der Waals surface area (Å²) in [6.45, 7) is 2.01. The molecule has 132 valence electrons. The van der Waals surface area contributed by atoms with Crippen LogP contribution < -0.4 is 22.7 Å². The molecule has 1 saturated heterocycles. The largest absolute Gasteiger partial charge is 1.00 e. The number of hydrogen-bond donors (Lipinski definition) is 1. The van der Waals surface area contributed by atoms with Gasteiger partial charge >= 0.3 is 0 Å². The quantitative estimate of drug-likeness (QED) is 0.711. The lowest BCUT2D eigenvalue weighted by Gasteiger charge is -2.54. The van der Waals surface area contributed by atoms with Crippen molar-refractivity contribution < 1.29 is 26.3 Å². The van der Waals surface area contributed by atoms with Crippen molar-refractivity contribution in [3.05, 3.63) is 71.3 Å². The van der Waals surface area contributed by atoms with Crippen LogP contribution in [0, 0.1) is 0 Å². The van der Waals surface area contributed by atoms with Crippen molar-refractivity contribution in [3.63, 3.8) is 0 Å². The zero-order valence-electron chi connectivity index (χ0n) is 14.6. The minimum absolute atomic E-state index is 0. The van der Waals surface area contributed by atoms with E-state index in [4.69, 9.17) is 5.73 Å². The lowest BCUT2D eigenvalue weighted by molar-refractivity contribution is -0.952. The van der Waals surface area contributed by atoms with Gasteiger partial charge in [-0.1, -0.05) is 54.6 Å². The van der Waals surface area contributed by atoms with E-state index in [-0.39, 0.29) is 22.9 Å². The molecule has 2 N–H and O–H groups in total. The van der Waals surface area contributed by atoms with Gasteiger partial charge in [0.05, 0.1) is 25.0 Å². The number of carbonyl (C=O) groups is 1. The second-order valence-corrected chi connectivity index (χ2v) is 7.76. The molecule has 3 nitrogen and oxygen atoms in total. The first kappa shape index (κ1) is 18.2. The molecular formula is C21H25BrN2O. The number of likely N-dealkylation sites (tertiary alicyclic amines) is 1. The maximum atomic E-state index is 12.4. The third kappa shape index (κ3) is 2.91. The van der Waals surface area contributed by atoms with E-state index in [9.17, 15) is 4.79 Å². The zero-order valence-corrected chi connectivity index (χ0v) is 16.2. The molecule has 2 aliphatic rings. The molecule has 2 aromatic carbocycles. The van der Waals surface area contributed by atoms with Crippen LogP contribution in [0.4, 0.5) is 0 Å². The second-order valence-electron chi connectivity index (χ2n) is 7.76. The summed E-state index contributed by atoms with van der Waals surface area (Å²) < 4.78 is 0.993. The first-order valence-corrected chi connectivity index (χ1v) is 8.80. The van der Waals surface area contributed by atoms with Crippen molar-refractivity contribution in [1.82, 2.24) is 0 Å². The molecule has 3 unspecified atom stereocenters. The van der Waals surface area contributed by atoms with Gasteiger partial charge in [-0.05, 0) is 11.1 Å². The van der Waals surface area contributed by atoms with Crippen LogP contribution in [0.1, 0.15) is 29.5 Å². The number of carbonyl (C=O) groups excluding carboxylic acids is 1. The van der Waals surface area contributed by atoms with Crippen molar-refractivity contribution in [2.75, 3.05) is 13.6 Å². The molecule has 2 aromatic rings. The van der Waals surface area contributed by atoms with E-state index >= 15 is 0 Å². The third-order valence-electron chi connectivity index (χ3n) is 6.36. The molecule has 1 aliphatic heterocycles. The molecule has 0 aromatic heterocycles. The summed E-state index contributed by atoms with van der Waals surface area (Å²) in [6, 6.07) is 19.5. The Hall–Kier alpha value is -1.65. The number of hydrogen-bond acceptors (Lipinski definition) is 1. The number of nitrogens with two attached hydrogens (primary N) is 1. The molecule has 0 saturated carbocycles. The fraction of sp³-hybridized carbons (Fsp3) is 0.381. The molecule has 4 heteroatoms. The summed E-state index contributed by atoms with van der Waals surface area (Å²) in [6.07, 6.45) is 2.76. The maximum Gasteiger partial charge on any atom is 0.228 e. The summed E-state index contributed by atoms with van der Waals surface area (Å²) in [5, 5.41) is 0. The lowest BCUT2D eigenvalue weighted by Crippen LogP contribution is -3.00. The van der Waals surface area contributed by atoms with Crippen molar-refractivity contribution >= 4 is 5.91 Å². The molecular weight excluding hydrogens is 376 g/mol. The van der Waals surface area contributed by atoms with Gasteiger partial charge in [0.1, 0.15) is 6.54 Å². The van der Waals surface area contributed by atoms with E-state index in [0.29, 0.717) is 6.04 Å². The van der Waals surface area contributed by atoms with Crippen LogP contribution in [0.2, 0.25) is 0 Å². The smallest absolute Gasteiger partial charge is 0.228 e. The average Bonchev–Trinajstić information content (AvgIpc) is 2.59. The van der Waals surface area contributed by atoms with Gasteiger partial charge in [-0.2, -0.15) is 0 Å². The van der Waals surface area contributed by atoms with Gasteiger partial charge in [-0.3, -0.25) is 4.79 Å². The first-order chi connectivity index (χ1) is 11.5. The van der Waals surface area contributed by atoms with Crippen molar-refractivity contribution in [3.8, 4) is 0 Å². The minimum Gasteiger partial charge on any atom is -1.00 e. The summed E-state index contributed by atoms with van der Waals surface area (Å²) in [7, 11) is 2.34. The maximum absolute atomic E-state index is 12.4. The predicted molar refractivity (Wildman–Crippen MR) is 95.2 cm³/mol. The number of benzene rings is 2.